The summed E-state index contributed by atoms with van der Waals surface area (Å²) in [6, 6.07) is 4.36. The lowest BCUT2D eigenvalue weighted by molar-refractivity contribution is -0.137. The SMILES string of the molecule is C[S+]([O-])c1cc2c(cc1-c1csc([C@H]3CC[C@H](CCC(=O)O)CC3)n1)CCNCC2. The van der Waals surface area contributed by atoms with E-state index in [2.05, 4.69) is 22.8 Å². The molecule has 1 aliphatic carbocycles. The van der Waals surface area contributed by atoms with Gasteiger partial charge in [0.05, 0.1) is 16.3 Å². The maximum atomic E-state index is 12.5. The fourth-order valence-corrected chi connectivity index (χ4v) is 6.54. The third-order valence-corrected chi connectivity index (χ3v) is 8.48. The lowest BCUT2D eigenvalue weighted by Crippen LogP contribution is -2.16. The van der Waals surface area contributed by atoms with Gasteiger partial charge in [-0.3, -0.25) is 4.79 Å². The zero-order valence-corrected chi connectivity index (χ0v) is 19.1. The molecule has 162 valence electrons. The highest BCUT2D eigenvalue weighted by Crippen LogP contribution is 2.40. The Hall–Kier alpha value is -1.41. The average molecular weight is 447 g/mol. The Labute approximate surface area is 185 Å². The lowest BCUT2D eigenvalue weighted by Gasteiger charge is -2.26. The van der Waals surface area contributed by atoms with Crippen LogP contribution >= 0.6 is 11.3 Å². The van der Waals surface area contributed by atoms with Crippen LogP contribution in [-0.4, -0.2) is 40.0 Å². The monoisotopic (exact) mass is 446 g/mol. The zero-order valence-electron chi connectivity index (χ0n) is 17.5. The Morgan fingerprint density at radius 1 is 1.23 bits per heavy atom. The molecule has 0 bridgehead atoms. The number of aromatic nitrogens is 1. The van der Waals surface area contributed by atoms with Gasteiger partial charge in [-0.2, -0.15) is 0 Å². The minimum Gasteiger partial charge on any atom is -0.612 e. The summed E-state index contributed by atoms with van der Waals surface area (Å²) in [5.74, 6) is 0.303. The number of carboxylic acids is 1. The van der Waals surface area contributed by atoms with Gasteiger partial charge in [0.25, 0.3) is 0 Å². The number of nitrogens with zero attached hydrogens (tertiary/aromatic N) is 1. The van der Waals surface area contributed by atoms with E-state index >= 15 is 0 Å². The van der Waals surface area contributed by atoms with Crippen LogP contribution in [0.5, 0.6) is 0 Å². The third-order valence-electron chi connectivity index (χ3n) is 6.51. The molecule has 0 radical (unpaired) electrons. The number of fused-ring (bicyclic) bond motifs is 1. The van der Waals surface area contributed by atoms with E-state index in [1.165, 1.54) is 16.1 Å². The lowest BCUT2D eigenvalue weighted by atomic mass is 9.80. The highest BCUT2D eigenvalue weighted by Gasteiger charge is 2.26. The molecule has 0 spiro atoms. The van der Waals surface area contributed by atoms with Gasteiger partial charge in [0.1, 0.15) is 6.26 Å². The molecule has 1 saturated carbocycles. The molecule has 1 aromatic heterocycles. The highest BCUT2D eigenvalue weighted by molar-refractivity contribution is 7.90. The Balaban J connectivity index is 1.51. The first-order valence-corrected chi connectivity index (χ1v) is 13.3. The summed E-state index contributed by atoms with van der Waals surface area (Å²) in [7, 11) is 0. The van der Waals surface area contributed by atoms with Crippen molar-refractivity contribution >= 4 is 28.5 Å². The fourth-order valence-electron chi connectivity index (χ4n) is 4.77. The van der Waals surface area contributed by atoms with Gasteiger partial charge in [-0.1, -0.05) is 0 Å². The summed E-state index contributed by atoms with van der Waals surface area (Å²) in [4.78, 5) is 16.7. The molecule has 30 heavy (non-hydrogen) atoms. The standard InChI is InChI=1S/C23H30N2O3S2/c1-30(28)21-13-18-9-11-24-10-8-17(18)12-19(21)20-14-29-23(25-20)16-5-2-15(3-6-16)4-7-22(26)27/h12-16,24H,2-11H2,1H3,(H,26,27)/t15-,16-,30?. The van der Waals surface area contributed by atoms with E-state index in [1.54, 1.807) is 17.6 Å². The van der Waals surface area contributed by atoms with Crippen LogP contribution in [0.1, 0.15) is 60.6 Å². The van der Waals surface area contributed by atoms with Crippen molar-refractivity contribution < 1.29 is 14.5 Å². The fraction of sp³-hybridized carbons (Fsp3) is 0.565. The third kappa shape index (κ3) is 5.07. The molecule has 2 N–H and O–H groups in total. The van der Waals surface area contributed by atoms with Gasteiger partial charge in [-0.15, -0.1) is 11.3 Å². The van der Waals surface area contributed by atoms with E-state index in [0.717, 1.165) is 74.2 Å². The smallest absolute Gasteiger partial charge is 0.303 e. The summed E-state index contributed by atoms with van der Waals surface area (Å²) in [6.07, 6.45) is 9.14. The van der Waals surface area contributed by atoms with Gasteiger partial charge in [0.15, 0.2) is 4.90 Å². The second-order valence-corrected chi connectivity index (χ2v) is 10.8. The first-order chi connectivity index (χ1) is 14.5. The second-order valence-electron chi connectivity index (χ2n) is 8.54. The summed E-state index contributed by atoms with van der Waals surface area (Å²) >= 11 is 0.661. The largest absolute Gasteiger partial charge is 0.612 e. The zero-order chi connectivity index (χ0) is 21.1. The molecule has 1 atom stereocenters. The topological polar surface area (TPSA) is 85.3 Å². The van der Waals surface area contributed by atoms with Crippen molar-refractivity contribution in [2.45, 2.75) is 62.2 Å². The summed E-state index contributed by atoms with van der Waals surface area (Å²) < 4.78 is 12.5. The number of aliphatic carboxylic acids is 1. The molecular weight excluding hydrogens is 416 g/mol. The molecular formula is C23H30N2O3S2. The number of carbonyl (C=O) groups is 1. The Morgan fingerprint density at radius 2 is 1.93 bits per heavy atom. The second kappa shape index (κ2) is 9.81. The van der Waals surface area contributed by atoms with E-state index in [0.29, 0.717) is 11.8 Å². The predicted octanol–water partition coefficient (Wildman–Crippen LogP) is 4.37. The van der Waals surface area contributed by atoms with Gasteiger partial charge >= 0.3 is 5.97 Å². The molecule has 5 nitrogen and oxygen atoms in total. The van der Waals surface area contributed by atoms with Crippen LogP contribution in [-0.2, 0) is 28.8 Å². The molecule has 4 rings (SSSR count). The van der Waals surface area contributed by atoms with Crippen LogP contribution in [0.25, 0.3) is 11.3 Å². The number of hydrogen-bond donors (Lipinski definition) is 2. The number of nitrogens with one attached hydrogen (secondary N) is 1. The van der Waals surface area contributed by atoms with Crippen molar-refractivity contribution in [1.82, 2.24) is 10.3 Å². The van der Waals surface area contributed by atoms with Crippen LogP contribution in [0.3, 0.4) is 0 Å². The van der Waals surface area contributed by atoms with Crippen LogP contribution in [0, 0.1) is 5.92 Å². The molecule has 2 heterocycles. The minimum absolute atomic E-state index is 0.279. The van der Waals surface area contributed by atoms with E-state index in [9.17, 15) is 9.35 Å². The van der Waals surface area contributed by atoms with E-state index in [4.69, 9.17) is 10.1 Å². The van der Waals surface area contributed by atoms with Crippen molar-refractivity contribution in [2.24, 2.45) is 5.92 Å². The normalized spacial score (nSPS) is 22.9. The highest BCUT2D eigenvalue weighted by atomic mass is 32.2. The number of carboxylic acid groups (broad SMARTS) is 1. The van der Waals surface area contributed by atoms with Crippen molar-refractivity contribution in [1.29, 1.82) is 0 Å². The Bertz CT molecular complexity index is 889. The van der Waals surface area contributed by atoms with Crippen molar-refractivity contribution in [2.75, 3.05) is 19.3 Å². The molecule has 2 aliphatic rings. The maximum absolute atomic E-state index is 12.5. The number of thiazole rings is 1. The van der Waals surface area contributed by atoms with Crippen molar-refractivity contribution in [3.8, 4) is 11.3 Å². The molecule has 7 heteroatoms. The molecule has 1 unspecified atom stereocenters. The summed E-state index contributed by atoms with van der Waals surface area (Å²) in [5.41, 5.74) is 4.63. The van der Waals surface area contributed by atoms with E-state index in [-0.39, 0.29) is 6.42 Å². The Morgan fingerprint density at radius 3 is 2.60 bits per heavy atom. The maximum Gasteiger partial charge on any atom is 0.303 e. The number of hydrogen-bond acceptors (Lipinski definition) is 5. The van der Waals surface area contributed by atoms with Crippen LogP contribution in [0.4, 0.5) is 0 Å². The number of benzene rings is 1. The quantitative estimate of drug-likeness (QED) is 0.644. The molecule has 0 saturated heterocycles. The molecule has 1 fully saturated rings. The Kier molecular flexibility index (Phi) is 7.13. The van der Waals surface area contributed by atoms with Gasteiger partial charge in [-0.25, -0.2) is 4.98 Å². The van der Waals surface area contributed by atoms with Gasteiger partial charge in [-0.05, 0) is 98.4 Å². The molecule has 2 aromatic rings. The summed E-state index contributed by atoms with van der Waals surface area (Å²) in [5, 5.41) is 15.6. The molecule has 1 aliphatic heterocycles. The van der Waals surface area contributed by atoms with Gasteiger partial charge < -0.3 is 15.0 Å². The number of rotatable bonds is 6. The van der Waals surface area contributed by atoms with Gasteiger partial charge in [0.2, 0.25) is 0 Å². The van der Waals surface area contributed by atoms with Crippen molar-refractivity contribution in [3.05, 3.63) is 33.6 Å². The van der Waals surface area contributed by atoms with Crippen LogP contribution in [0.15, 0.2) is 22.4 Å². The minimum atomic E-state index is -1.05. The van der Waals surface area contributed by atoms with E-state index < -0.39 is 17.1 Å². The molecule has 1 aromatic carbocycles. The first kappa shape index (κ1) is 21.8. The average Bonchev–Trinajstić information content (AvgIpc) is 3.11. The van der Waals surface area contributed by atoms with Crippen LogP contribution < -0.4 is 5.32 Å². The van der Waals surface area contributed by atoms with Crippen molar-refractivity contribution in [3.63, 3.8) is 0 Å². The predicted molar refractivity (Wildman–Crippen MR) is 122 cm³/mol. The summed E-state index contributed by atoms with van der Waals surface area (Å²) in [6.45, 7) is 1.95. The van der Waals surface area contributed by atoms with E-state index in [1.807, 2.05) is 0 Å². The first-order valence-electron chi connectivity index (χ1n) is 10.9. The van der Waals surface area contributed by atoms with Gasteiger partial charge in [0, 0.05) is 17.7 Å². The van der Waals surface area contributed by atoms with Crippen LogP contribution in [0.2, 0.25) is 0 Å². The molecule has 0 amide bonds.